The van der Waals surface area contributed by atoms with Crippen molar-refractivity contribution < 1.29 is 53.1 Å². The maximum Gasteiger partial charge on any atom is 0.481 e. The second-order valence-electron chi connectivity index (χ2n) is 21.1. The van der Waals surface area contributed by atoms with Crippen molar-refractivity contribution in [3.05, 3.63) is 60.2 Å². The first-order valence-electron chi connectivity index (χ1n) is 24.8. The number of nitrogens with zero attached hydrogens (tertiary/aromatic N) is 1. The summed E-state index contributed by atoms with van der Waals surface area (Å²) in [6.07, 6.45) is 4.32. The zero-order chi connectivity index (χ0) is 50.4. The van der Waals surface area contributed by atoms with Crippen molar-refractivity contribution in [1.29, 1.82) is 0 Å². The van der Waals surface area contributed by atoms with Crippen molar-refractivity contribution in [2.24, 2.45) is 34.3 Å². The number of nitrogens with two attached hydrogens (primary N) is 1. The van der Waals surface area contributed by atoms with Gasteiger partial charge in [0.25, 0.3) is 0 Å². The monoisotopic (exact) mass is 957 g/mol. The zero-order valence-corrected chi connectivity index (χ0v) is 41.2. The molecule has 7 rings (SSSR count). The van der Waals surface area contributed by atoms with Gasteiger partial charge >= 0.3 is 19.1 Å². The SMILES string of the molecule is CC(C)[C@H](NC(=O)[C@H](CCC(=O)O)NC(=O)[C@@H](N)CC(=O)O)C(=O)N[C@H](C(=O)N1CCC[C@H]1C(=O)N[C@@H](CCCCc1ccc(-c2ccccc2)cc1)B1O[C@@H]2[C@@H](C[C@@H]3C[C@@]2(C)C3(C)C)O1)C(C)C. The number of unbranched alkanes of at least 4 members (excludes halogenated alkanes) is 1. The van der Waals surface area contributed by atoms with E-state index in [-0.39, 0.29) is 35.4 Å². The number of likely N-dealkylation sites (tertiary alicyclic amines) is 1. The highest BCUT2D eigenvalue weighted by Crippen LogP contribution is 2.69. The first-order valence-corrected chi connectivity index (χ1v) is 24.8. The fourth-order valence-electron chi connectivity index (χ4n) is 10.8. The molecule has 2 aliphatic heterocycles. The van der Waals surface area contributed by atoms with Crippen molar-refractivity contribution >= 4 is 48.6 Å². The number of carboxylic acids is 2. The molecule has 69 heavy (non-hydrogen) atoms. The van der Waals surface area contributed by atoms with E-state index in [1.54, 1.807) is 27.7 Å². The first-order chi connectivity index (χ1) is 32.6. The van der Waals surface area contributed by atoms with E-state index in [9.17, 15) is 38.7 Å². The first kappa shape index (κ1) is 53.0. The Hall–Kier alpha value is -5.33. The average molecular weight is 957 g/mol. The third-order valence-corrected chi connectivity index (χ3v) is 15.5. The summed E-state index contributed by atoms with van der Waals surface area (Å²) in [6, 6.07) is 12.8. The molecular weight excluding hydrogens is 883 g/mol. The van der Waals surface area contributed by atoms with Crippen molar-refractivity contribution in [2.75, 3.05) is 6.54 Å². The fraction of sp³-hybridized carbons (Fsp3) is 0.627. The van der Waals surface area contributed by atoms with E-state index in [1.807, 2.05) is 18.2 Å². The molecule has 3 aliphatic carbocycles. The standard InChI is InChI=1S/C51H73BN6O11/c1-29(2)42(56-46(64)36(23-24-40(59)60)54-45(63)35(53)27-41(61)62)48(66)57-43(30(3)4)49(67)58-25-13-17-37(58)47(65)55-39(52-68-38-26-34-28-51(7,44(38)69-52)50(34,5)6)18-12-11-14-31-19-21-33(22-20-31)32-15-9-8-10-16-32/h8-10,15-16,19-22,29-30,34-39,42-44H,11-14,17-18,23-28,53H2,1-7H3,(H,54,63)(H,55,65)(H,56,64)(H,57,66)(H,59,60)(H,61,62)/t34-,35+,36+,37+,38-,39+,42+,43+,44-,51-/m1/s1. The minimum atomic E-state index is -1.51. The number of benzene rings is 2. The largest absolute Gasteiger partial charge is 0.481 e. The Bertz CT molecular complexity index is 2180. The molecule has 0 unspecified atom stereocenters. The second-order valence-corrected chi connectivity index (χ2v) is 21.1. The molecular formula is C51H73BN6O11. The maximum absolute atomic E-state index is 14.5. The van der Waals surface area contributed by atoms with Crippen LogP contribution < -0.4 is 27.0 Å². The van der Waals surface area contributed by atoms with Crippen molar-refractivity contribution in [2.45, 2.75) is 167 Å². The minimum absolute atomic E-state index is 0.0480. The van der Waals surface area contributed by atoms with Gasteiger partial charge in [0, 0.05) is 18.4 Å². The van der Waals surface area contributed by atoms with Crippen molar-refractivity contribution in [3.63, 3.8) is 0 Å². The number of amides is 5. The van der Waals surface area contributed by atoms with Gasteiger partial charge in [-0.25, -0.2) is 0 Å². The summed E-state index contributed by atoms with van der Waals surface area (Å²) < 4.78 is 13.5. The van der Waals surface area contributed by atoms with Crippen LogP contribution in [0.25, 0.3) is 11.1 Å². The summed E-state index contributed by atoms with van der Waals surface area (Å²) in [4.78, 5) is 93.3. The summed E-state index contributed by atoms with van der Waals surface area (Å²) in [6.45, 7) is 14.1. The molecule has 18 heteroatoms. The summed E-state index contributed by atoms with van der Waals surface area (Å²) in [5, 5.41) is 29.4. The Labute approximate surface area is 406 Å². The number of hydrogen-bond acceptors (Lipinski definition) is 10. The molecule has 2 saturated heterocycles. The van der Waals surface area contributed by atoms with E-state index in [1.165, 1.54) is 10.5 Å². The highest BCUT2D eigenvalue weighted by Gasteiger charge is 2.69. The lowest BCUT2D eigenvalue weighted by atomic mass is 9.39. The van der Waals surface area contributed by atoms with Gasteiger partial charge in [-0.2, -0.15) is 0 Å². The summed E-state index contributed by atoms with van der Waals surface area (Å²) in [5.41, 5.74) is 9.29. The lowest BCUT2D eigenvalue weighted by Gasteiger charge is -2.67. The van der Waals surface area contributed by atoms with Gasteiger partial charge < -0.3 is 51.4 Å². The van der Waals surface area contributed by atoms with Crippen LogP contribution in [0, 0.1) is 28.6 Å². The third-order valence-electron chi connectivity index (χ3n) is 15.5. The van der Waals surface area contributed by atoms with Gasteiger partial charge in [0.2, 0.25) is 29.5 Å². The fourth-order valence-corrected chi connectivity index (χ4v) is 10.8. The van der Waals surface area contributed by atoms with Crippen LogP contribution in [0.5, 0.6) is 0 Å². The smallest absolute Gasteiger partial charge is 0.481 e. The summed E-state index contributed by atoms with van der Waals surface area (Å²) >= 11 is 0. The number of carbonyl (C=O) groups is 7. The summed E-state index contributed by atoms with van der Waals surface area (Å²) in [7, 11) is -0.656. The Balaban J connectivity index is 1.12. The van der Waals surface area contributed by atoms with Gasteiger partial charge in [-0.05, 0) is 91.2 Å². The second kappa shape index (κ2) is 22.6. The van der Waals surface area contributed by atoms with Crippen molar-refractivity contribution in [3.8, 4) is 11.1 Å². The Morgan fingerprint density at radius 2 is 1.43 bits per heavy atom. The van der Waals surface area contributed by atoms with Crippen LogP contribution in [0.2, 0.25) is 0 Å². The highest BCUT2D eigenvalue weighted by atomic mass is 16.7. The zero-order valence-electron chi connectivity index (χ0n) is 41.2. The molecule has 0 spiro atoms. The molecule has 2 bridgehead atoms. The number of carboxylic acid groups (broad SMARTS) is 2. The number of carbonyl (C=O) groups excluding carboxylic acids is 5. The number of rotatable bonds is 23. The molecule has 3 saturated carbocycles. The summed E-state index contributed by atoms with van der Waals surface area (Å²) in [5.74, 6) is -6.83. The molecule has 8 N–H and O–H groups in total. The number of aliphatic carboxylic acids is 2. The maximum atomic E-state index is 14.5. The molecule has 17 nitrogen and oxygen atoms in total. The third kappa shape index (κ3) is 12.4. The quantitative estimate of drug-likeness (QED) is 0.0610. The van der Waals surface area contributed by atoms with Gasteiger partial charge in [-0.15, -0.1) is 0 Å². The van der Waals surface area contributed by atoms with Gasteiger partial charge in [0.05, 0.1) is 30.6 Å². The van der Waals surface area contributed by atoms with E-state index >= 15 is 0 Å². The minimum Gasteiger partial charge on any atom is -0.481 e. The molecule has 10 atom stereocenters. The molecule has 5 amide bonds. The number of nitrogens with one attached hydrogen (secondary N) is 4. The number of hydrogen-bond donors (Lipinski definition) is 7. The van der Waals surface area contributed by atoms with E-state index in [0.29, 0.717) is 31.7 Å². The van der Waals surface area contributed by atoms with E-state index in [4.69, 9.17) is 20.1 Å². The highest BCUT2D eigenvalue weighted by molar-refractivity contribution is 6.47. The number of aryl methyl sites for hydroxylation is 1. The molecule has 5 fully saturated rings. The molecule has 2 aromatic carbocycles. The molecule has 376 valence electrons. The van der Waals surface area contributed by atoms with Crippen LogP contribution >= 0.6 is 0 Å². The van der Waals surface area contributed by atoms with Crippen LogP contribution in [0.4, 0.5) is 0 Å². The Kier molecular flexibility index (Phi) is 17.4. The van der Waals surface area contributed by atoms with Crippen LogP contribution in [0.3, 0.4) is 0 Å². The lowest BCUT2D eigenvalue weighted by molar-refractivity contribution is -0.220. The van der Waals surface area contributed by atoms with Crippen LogP contribution in [0.15, 0.2) is 54.6 Å². The van der Waals surface area contributed by atoms with E-state index in [2.05, 4.69) is 78.4 Å². The van der Waals surface area contributed by atoms with Gasteiger partial charge in [0.15, 0.2) is 0 Å². The molecule has 0 aromatic heterocycles. The van der Waals surface area contributed by atoms with Gasteiger partial charge in [0.1, 0.15) is 24.2 Å². The predicted octanol–water partition coefficient (Wildman–Crippen LogP) is 4.24. The normalized spacial score (nSPS) is 24.6. The van der Waals surface area contributed by atoms with E-state index in [0.717, 1.165) is 43.2 Å². The van der Waals surface area contributed by atoms with Gasteiger partial charge in [-0.1, -0.05) is 109 Å². The van der Waals surface area contributed by atoms with Crippen molar-refractivity contribution in [1.82, 2.24) is 26.2 Å². The predicted molar refractivity (Wildman–Crippen MR) is 259 cm³/mol. The Morgan fingerprint density at radius 3 is 2.06 bits per heavy atom. The van der Waals surface area contributed by atoms with Crippen LogP contribution in [0.1, 0.15) is 118 Å². The van der Waals surface area contributed by atoms with Gasteiger partial charge in [-0.3, -0.25) is 33.6 Å². The molecule has 2 aromatic rings. The molecule has 5 aliphatic rings. The topological polar surface area (TPSA) is 256 Å². The Morgan fingerprint density at radius 1 is 0.783 bits per heavy atom. The van der Waals surface area contributed by atoms with Crippen LogP contribution in [-0.4, -0.2) is 119 Å². The molecule has 2 heterocycles. The van der Waals surface area contributed by atoms with Crippen LogP contribution in [-0.2, 0) is 49.3 Å². The lowest BCUT2D eigenvalue weighted by Crippen LogP contribution is -2.66. The molecule has 0 radical (unpaired) electrons. The van der Waals surface area contributed by atoms with E-state index < -0.39 is 104 Å². The average Bonchev–Trinajstić information content (AvgIpc) is 3.98.